The summed E-state index contributed by atoms with van der Waals surface area (Å²) in [5.74, 6) is 1.10. The average molecular weight is 257 g/mol. The lowest BCUT2D eigenvalue weighted by Gasteiger charge is -2.00. The minimum Gasteiger partial charge on any atom is -0.338 e. The number of fused-ring (bicyclic) bond motifs is 1. The van der Waals surface area contributed by atoms with Crippen LogP contribution in [0.2, 0.25) is 0 Å². The molecule has 3 rings (SSSR count). The first-order valence-corrected chi connectivity index (χ1v) is 6.26. The van der Waals surface area contributed by atoms with Crippen molar-refractivity contribution in [3.63, 3.8) is 0 Å². The molecule has 0 fully saturated rings. The van der Waals surface area contributed by atoms with Crippen LogP contribution in [0.25, 0.3) is 11.0 Å². The fourth-order valence-electron chi connectivity index (χ4n) is 1.95. The van der Waals surface area contributed by atoms with Gasteiger partial charge in [-0.1, -0.05) is 24.2 Å². The van der Waals surface area contributed by atoms with E-state index in [4.69, 9.17) is 10.3 Å². The molecule has 3 aromatic rings. The molecule has 2 aromatic heterocycles. The van der Waals surface area contributed by atoms with Crippen LogP contribution in [0.5, 0.6) is 0 Å². The third-order valence-corrected chi connectivity index (χ3v) is 3.08. The third kappa shape index (κ3) is 2.22. The van der Waals surface area contributed by atoms with Crippen LogP contribution < -0.4 is 5.73 Å². The number of nitrogens with zero attached hydrogens (tertiary/aromatic N) is 4. The van der Waals surface area contributed by atoms with E-state index in [1.807, 2.05) is 35.8 Å². The van der Waals surface area contributed by atoms with Crippen molar-refractivity contribution in [3.05, 3.63) is 42.3 Å². The number of para-hydroxylation sites is 2. The Kier molecular flexibility index (Phi) is 3.00. The van der Waals surface area contributed by atoms with Gasteiger partial charge in [-0.3, -0.25) is 0 Å². The van der Waals surface area contributed by atoms with E-state index < -0.39 is 0 Å². The molecule has 1 aromatic carbocycles. The van der Waals surface area contributed by atoms with Gasteiger partial charge in [0.25, 0.3) is 0 Å². The van der Waals surface area contributed by atoms with E-state index in [2.05, 4.69) is 15.1 Å². The van der Waals surface area contributed by atoms with Crippen molar-refractivity contribution in [2.75, 3.05) is 0 Å². The van der Waals surface area contributed by atoms with Crippen LogP contribution in [0.3, 0.4) is 0 Å². The highest BCUT2D eigenvalue weighted by Crippen LogP contribution is 2.15. The molecular weight excluding hydrogens is 242 g/mol. The average Bonchev–Trinajstić information content (AvgIpc) is 3.06. The Morgan fingerprint density at radius 1 is 1.37 bits per heavy atom. The van der Waals surface area contributed by atoms with Gasteiger partial charge in [0.15, 0.2) is 5.82 Å². The van der Waals surface area contributed by atoms with Crippen molar-refractivity contribution in [1.29, 1.82) is 0 Å². The Bertz CT molecular complexity index is 687. The Hall–Kier alpha value is -2.21. The summed E-state index contributed by atoms with van der Waals surface area (Å²) in [6, 6.07) is 7.74. The molecule has 0 aliphatic carbocycles. The summed E-state index contributed by atoms with van der Waals surface area (Å²) >= 11 is 0. The summed E-state index contributed by atoms with van der Waals surface area (Å²) in [4.78, 5) is 8.64. The van der Waals surface area contributed by atoms with Crippen LogP contribution in [-0.2, 0) is 6.54 Å². The van der Waals surface area contributed by atoms with Gasteiger partial charge >= 0.3 is 0 Å². The third-order valence-electron chi connectivity index (χ3n) is 3.08. The Balaban J connectivity index is 1.87. The zero-order valence-corrected chi connectivity index (χ0v) is 10.7. The molecule has 6 nitrogen and oxygen atoms in total. The summed E-state index contributed by atoms with van der Waals surface area (Å²) in [6.45, 7) is 2.51. The number of hydrogen-bond donors (Lipinski definition) is 1. The van der Waals surface area contributed by atoms with Crippen molar-refractivity contribution < 1.29 is 4.52 Å². The topological polar surface area (TPSA) is 82.8 Å². The van der Waals surface area contributed by atoms with Gasteiger partial charge in [0.05, 0.1) is 29.9 Å². The van der Waals surface area contributed by atoms with Gasteiger partial charge in [-0.25, -0.2) is 4.98 Å². The number of aromatic nitrogens is 4. The number of nitrogens with two attached hydrogens (primary N) is 1. The summed E-state index contributed by atoms with van der Waals surface area (Å²) in [6.07, 6.45) is 2.55. The van der Waals surface area contributed by atoms with E-state index in [1.54, 1.807) is 6.33 Å². The van der Waals surface area contributed by atoms with Gasteiger partial charge in [0, 0.05) is 0 Å². The minimum atomic E-state index is -0.194. The summed E-state index contributed by atoms with van der Waals surface area (Å²) in [5, 5.41) is 3.95. The van der Waals surface area contributed by atoms with E-state index in [9.17, 15) is 0 Å². The van der Waals surface area contributed by atoms with Crippen molar-refractivity contribution in [1.82, 2.24) is 19.7 Å². The van der Waals surface area contributed by atoms with Crippen LogP contribution in [0.1, 0.15) is 31.1 Å². The molecule has 19 heavy (non-hydrogen) atoms. The van der Waals surface area contributed by atoms with Crippen molar-refractivity contribution in [2.45, 2.75) is 25.9 Å². The molecule has 0 radical (unpaired) electrons. The van der Waals surface area contributed by atoms with Gasteiger partial charge < -0.3 is 14.8 Å². The normalized spacial score (nSPS) is 12.9. The van der Waals surface area contributed by atoms with E-state index in [-0.39, 0.29) is 6.04 Å². The Morgan fingerprint density at radius 2 is 2.21 bits per heavy atom. The zero-order valence-electron chi connectivity index (χ0n) is 10.7. The maximum absolute atomic E-state index is 5.86. The fraction of sp³-hybridized carbons (Fsp3) is 0.308. The van der Waals surface area contributed by atoms with Crippen LogP contribution in [0, 0.1) is 0 Å². The zero-order chi connectivity index (χ0) is 13.2. The Morgan fingerprint density at radius 3 is 3.05 bits per heavy atom. The van der Waals surface area contributed by atoms with Crippen molar-refractivity contribution in [3.8, 4) is 0 Å². The van der Waals surface area contributed by atoms with Gasteiger partial charge in [0.1, 0.15) is 0 Å². The molecule has 0 bridgehead atoms. The molecule has 0 amide bonds. The van der Waals surface area contributed by atoms with E-state index >= 15 is 0 Å². The molecule has 0 saturated carbocycles. The highest BCUT2D eigenvalue weighted by atomic mass is 16.5. The highest BCUT2D eigenvalue weighted by molar-refractivity contribution is 5.74. The monoisotopic (exact) mass is 257 g/mol. The molecule has 0 aliphatic heterocycles. The molecule has 2 heterocycles. The molecule has 6 heteroatoms. The fourth-order valence-corrected chi connectivity index (χ4v) is 1.95. The molecule has 2 N–H and O–H groups in total. The van der Waals surface area contributed by atoms with Crippen molar-refractivity contribution >= 4 is 11.0 Å². The predicted octanol–water partition coefficient (Wildman–Crippen LogP) is 1.88. The van der Waals surface area contributed by atoms with E-state index in [1.165, 1.54) is 0 Å². The summed E-state index contributed by atoms with van der Waals surface area (Å²) < 4.78 is 7.15. The summed E-state index contributed by atoms with van der Waals surface area (Å²) in [5.41, 5.74) is 7.86. The van der Waals surface area contributed by atoms with Gasteiger partial charge in [-0.2, -0.15) is 4.98 Å². The van der Waals surface area contributed by atoms with Crippen LogP contribution in [0.4, 0.5) is 0 Å². The number of imidazole rings is 1. The number of benzene rings is 1. The lowest BCUT2D eigenvalue weighted by Crippen LogP contribution is -2.09. The maximum atomic E-state index is 5.86. The van der Waals surface area contributed by atoms with Gasteiger partial charge in [-0.15, -0.1) is 0 Å². The molecule has 0 aliphatic rings. The van der Waals surface area contributed by atoms with Gasteiger partial charge in [0.2, 0.25) is 5.89 Å². The first-order valence-electron chi connectivity index (χ1n) is 6.26. The van der Waals surface area contributed by atoms with Crippen LogP contribution in [-0.4, -0.2) is 19.7 Å². The quantitative estimate of drug-likeness (QED) is 0.771. The van der Waals surface area contributed by atoms with Crippen LogP contribution >= 0.6 is 0 Å². The molecule has 0 spiro atoms. The molecule has 0 saturated heterocycles. The van der Waals surface area contributed by atoms with E-state index in [0.717, 1.165) is 17.5 Å². The smallest absolute Gasteiger partial charge is 0.243 e. The second-order valence-electron chi connectivity index (χ2n) is 4.42. The largest absolute Gasteiger partial charge is 0.338 e. The summed E-state index contributed by atoms with van der Waals surface area (Å²) in [7, 11) is 0. The predicted molar refractivity (Wildman–Crippen MR) is 70.4 cm³/mol. The lowest BCUT2D eigenvalue weighted by atomic mass is 10.2. The first-order chi connectivity index (χ1) is 9.28. The second kappa shape index (κ2) is 4.81. The molecule has 98 valence electrons. The number of hydrogen-bond acceptors (Lipinski definition) is 5. The lowest BCUT2D eigenvalue weighted by molar-refractivity contribution is 0.347. The molecule has 0 unspecified atom stereocenters. The van der Waals surface area contributed by atoms with Crippen molar-refractivity contribution in [2.24, 2.45) is 5.73 Å². The molecular formula is C13H15N5O. The minimum absolute atomic E-state index is 0.194. The van der Waals surface area contributed by atoms with Crippen LogP contribution in [0.15, 0.2) is 35.1 Å². The molecule has 1 atom stereocenters. The van der Waals surface area contributed by atoms with E-state index in [0.29, 0.717) is 18.3 Å². The number of rotatable bonds is 4. The Labute approximate surface area is 110 Å². The SMILES string of the molecule is CC[C@H](N)c1nc(Cn2cnc3ccccc32)no1. The highest BCUT2D eigenvalue weighted by Gasteiger charge is 2.13. The van der Waals surface area contributed by atoms with Gasteiger partial charge in [-0.05, 0) is 18.6 Å². The standard InChI is InChI=1S/C13H15N5O/c1-2-9(14)13-16-12(17-19-13)7-18-8-15-10-5-3-4-6-11(10)18/h3-6,8-9H,2,7,14H2,1H3/t9-/m0/s1. The first kappa shape index (κ1) is 11.9. The maximum Gasteiger partial charge on any atom is 0.243 e. The second-order valence-corrected chi connectivity index (χ2v) is 4.42.